The molecule has 0 radical (unpaired) electrons. The molecule has 0 heterocycles. The highest BCUT2D eigenvalue weighted by Gasteiger charge is 2.28. The maximum atomic E-state index is 11.8. The Morgan fingerprint density at radius 3 is 1.78 bits per heavy atom. The Balaban J connectivity index is 3.52. The smallest absolute Gasteiger partial charge is 0.140 e. The molecule has 1 N–H and O–H groups in total. The third kappa shape index (κ3) is 4.66. The summed E-state index contributed by atoms with van der Waals surface area (Å²) in [7, 11) is 0. The van der Waals surface area contributed by atoms with E-state index in [-0.39, 0.29) is 34.6 Å². The first kappa shape index (κ1) is 19.4. The number of aromatic hydroxyl groups is 1. The maximum absolute atomic E-state index is 11.8. The van der Waals surface area contributed by atoms with E-state index in [4.69, 9.17) is 0 Å². The van der Waals surface area contributed by atoms with Gasteiger partial charge in [-0.1, -0.05) is 53.7 Å². The van der Waals surface area contributed by atoms with E-state index >= 15 is 0 Å². The zero-order valence-corrected chi connectivity index (χ0v) is 15.7. The van der Waals surface area contributed by atoms with Gasteiger partial charge in [0, 0.05) is 0 Å². The fourth-order valence-electron chi connectivity index (χ4n) is 2.65. The Morgan fingerprint density at radius 2 is 1.43 bits per heavy atom. The van der Waals surface area contributed by atoms with Gasteiger partial charge in [0.15, 0.2) is 0 Å². The molecule has 128 valence electrons. The van der Waals surface area contributed by atoms with Gasteiger partial charge in [0.1, 0.15) is 17.3 Å². The molecule has 23 heavy (non-hydrogen) atoms. The lowest BCUT2D eigenvalue weighted by Gasteiger charge is -2.28. The van der Waals surface area contributed by atoms with Gasteiger partial charge in [-0.15, -0.1) is 0 Å². The summed E-state index contributed by atoms with van der Waals surface area (Å²) < 4.78 is 0. The van der Waals surface area contributed by atoms with Crippen molar-refractivity contribution >= 4 is 11.6 Å². The first-order chi connectivity index (χ1) is 10.2. The topological polar surface area (TPSA) is 54.4 Å². The largest absolute Gasteiger partial charge is 0.507 e. The van der Waals surface area contributed by atoms with E-state index in [2.05, 4.69) is 20.8 Å². The second kappa shape index (κ2) is 6.46. The first-order valence-electron chi connectivity index (χ1n) is 8.13. The van der Waals surface area contributed by atoms with Crippen molar-refractivity contribution in [3.8, 4) is 5.75 Å². The van der Waals surface area contributed by atoms with Gasteiger partial charge >= 0.3 is 0 Å². The normalized spacial score (nSPS) is 12.6. The molecule has 0 saturated carbocycles. The molecule has 1 aromatic carbocycles. The molecular formula is C20H30O3. The van der Waals surface area contributed by atoms with Crippen molar-refractivity contribution < 1.29 is 14.7 Å². The molecule has 0 saturated heterocycles. The van der Waals surface area contributed by atoms with E-state index in [1.54, 1.807) is 0 Å². The van der Waals surface area contributed by atoms with Crippen molar-refractivity contribution in [3.05, 3.63) is 28.8 Å². The minimum atomic E-state index is -0.691. The number of hydrogen-bond acceptors (Lipinski definition) is 3. The van der Waals surface area contributed by atoms with Gasteiger partial charge in [-0.05, 0) is 47.8 Å². The van der Waals surface area contributed by atoms with Crippen LogP contribution in [0.25, 0.3) is 0 Å². The number of phenols is 1. The van der Waals surface area contributed by atoms with Crippen molar-refractivity contribution in [2.24, 2.45) is 5.92 Å². The average molecular weight is 318 g/mol. The standard InChI is InChI=1S/C20H30O3/c1-12(21)16(13(2)22)10-14-9-15(19(3,4)5)11-17(18(14)23)20(6,7)8/h9,11,16,23H,10H2,1-8H3. The number of phenolic OH excluding ortho intramolecular Hbond substituents is 1. The predicted molar refractivity (Wildman–Crippen MR) is 94.1 cm³/mol. The van der Waals surface area contributed by atoms with Crippen LogP contribution in [-0.2, 0) is 26.8 Å². The molecule has 0 amide bonds. The van der Waals surface area contributed by atoms with Gasteiger partial charge in [-0.3, -0.25) is 9.59 Å². The number of carbonyl (C=O) groups excluding carboxylic acids is 2. The number of benzene rings is 1. The number of hydrogen-bond donors (Lipinski definition) is 1. The van der Waals surface area contributed by atoms with E-state index < -0.39 is 5.92 Å². The minimum absolute atomic E-state index is 0.0790. The molecule has 3 nitrogen and oxygen atoms in total. The van der Waals surface area contributed by atoms with E-state index in [1.165, 1.54) is 13.8 Å². The Labute approximate surface area is 140 Å². The molecule has 0 aliphatic heterocycles. The summed E-state index contributed by atoms with van der Waals surface area (Å²) in [6.45, 7) is 15.3. The van der Waals surface area contributed by atoms with Gasteiger partial charge in [0.25, 0.3) is 0 Å². The fraction of sp³-hybridized carbons (Fsp3) is 0.600. The maximum Gasteiger partial charge on any atom is 0.140 e. The van der Waals surface area contributed by atoms with Crippen molar-refractivity contribution in [1.82, 2.24) is 0 Å². The molecule has 0 fully saturated rings. The molecule has 0 spiro atoms. The zero-order valence-electron chi connectivity index (χ0n) is 15.7. The molecular weight excluding hydrogens is 288 g/mol. The lowest BCUT2D eigenvalue weighted by Crippen LogP contribution is -2.23. The quantitative estimate of drug-likeness (QED) is 0.841. The Kier molecular flexibility index (Phi) is 5.45. The van der Waals surface area contributed by atoms with Crippen LogP contribution in [0.2, 0.25) is 0 Å². The van der Waals surface area contributed by atoms with Crippen molar-refractivity contribution in [2.75, 3.05) is 0 Å². The molecule has 0 unspecified atom stereocenters. The summed E-state index contributed by atoms with van der Waals surface area (Å²) in [4.78, 5) is 23.5. The van der Waals surface area contributed by atoms with Gasteiger partial charge in [-0.2, -0.15) is 0 Å². The highest BCUT2D eigenvalue weighted by Crippen LogP contribution is 2.38. The average Bonchev–Trinajstić information content (AvgIpc) is 2.33. The Bertz CT molecular complexity index is 599. The van der Waals surface area contributed by atoms with Crippen molar-refractivity contribution in [1.29, 1.82) is 0 Å². The number of Topliss-reactive ketones (excluding diaryl/α,β-unsaturated/α-hetero) is 2. The van der Waals surface area contributed by atoms with Crippen molar-refractivity contribution in [3.63, 3.8) is 0 Å². The summed E-state index contributed by atoms with van der Waals surface area (Å²) >= 11 is 0. The third-order valence-corrected chi connectivity index (χ3v) is 4.27. The first-order valence-corrected chi connectivity index (χ1v) is 8.13. The molecule has 0 aliphatic carbocycles. The lowest BCUT2D eigenvalue weighted by atomic mass is 9.77. The van der Waals surface area contributed by atoms with Crippen LogP contribution in [0.1, 0.15) is 72.1 Å². The lowest BCUT2D eigenvalue weighted by molar-refractivity contribution is -0.130. The fourth-order valence-corrected chi connectivity index (χ4v) is 2.65. The Morgan fingerprint density at radius 1 is 0.957 bits per heavy atom. The van der Waals surface area contributed by atoms with Gasteiger partial charge < -0.3 is 5.11 Å². The van der Waals surface area contributed by atoms with Crippen LogP contribution in [0, 0.1) is 5.92 Å². The van der Waals surface area contributed by atoms with Gasteiger partial charge in [0.05, 0.1) is 5.92 Å². The zero-order chi connectivity index (χ0) is 18.2. The molecule has 0 aliphatic rings. The summed E-state index contributed by atoms with van der Waals surface area (Å²) in [5.41, 5.74) is 2.33. The molecule has 0 atom stereocenters. The minimum Gasteiger partial charge on any atom is -0.507 e. The number of rotatable bonds is 4. The highest BCUT2D eigenvalue weighted by molar-refractivity contribution is 6.00. The molecule has 1 rings (SSSR count). The van der Waals surface area contributed by atoms with E-state index in [9.17, 15) is 14.7 Å². The molecule has 3 heteroatoms. The van der Waals surface area contributed by atoms with Crippen LogP contribution in [0.15, 0.2) is 12.1 Å². The summed E-state index contributed by atoms with van der Waals surface area (Å²) in [5, 5.41) is 10.7. The second-order valence-corrected chi connectivity index (χ2v) is 8.51. The Hall–Kier alpha value is -1.64. The number of ketones is 2. The highest BCUT2D eigenvalue weighted by atomic mass is 16.3. The van der Waals surface area contributed by atoms with E-state index in [0.717, 1.165) is 11.1 Å². The SMILES string of the molecule is CC(=O)C(Cc1cc(C(C)(C)C)cc(C(C)(C)C)c1O)C(C)=O. The third-order valence-electron chi connectivity index (χ3n) is 4.27. The van der Waals surface area contributed by atoms with Crippen LogP contribution < -0.4 is 0 Å². The van der Waals surface area contributed by atoms with Gasteiger partial charge in [0.2, 0.25) is 0 Å². The van der Waals surface area contributed by atoms with E-state index in [1.807, 2.05) is 32.9 Å². The van der Waals surface area contributed by atoms with Crippen LogP contribution in [0.5, 0.6) is 5.75 Å². The van der Waals surface area contributed by atoms with Gasteiger partial charge in [-0.25, -0.2) is 0 Å². The van der Waals surface area contributed by atoms with Crippen molar-refractivity contribution in [2.45, 2.75) is 72.6 Å². The van der Waals surface area contributed by atoms with E-state index in [0.29, 0.717) is 5.56 Å². The summed E-state index contributed by atoms with van der Waals surface area (Å²) in [6.07, 6.45) is 0.253. The van der Waals surface area contributed by atoms with Crippen LogP contribution in [-0.4, -0.2) is 16.7 Å². The van der Waals surface area contributed by atoms with Crippen LogP contribution in [0.4, 0.5) is 0 Å². The molecule has 0 aromatic heterocycles. The molecule has 1 aromatic rings. The van der Waals surface area contributed by atoms with Crippen LogP contribution >= 0.6 is 0 Å². The summed E-state index contributed by atoms with van der Waals surface area (Å²) in [5.74, 6) is -0.798. The van der Waals surface area contributed by atoms with Crippen LogP contribution in [0.3, 0.4) is 0 Å². The number of carbonyl (C=O) groups is 2. The monoisotopic (exact) mass is 318 g/mol. The summed E-state index contributed by atoms with van der Waals surface area (Å²) in [6, 6.07) is 3.97. The molecule has 0 bridgehead atoms. The second-order valence-electron chi connectivity index (χ2n) is 8.51. The predicted octanol–water partition coefficient (Wildman–Crippen LogP) is 4.32.